The summed E-state index contributed by atoms with van der Waals surface area (Å²) in [6, 6.07) is 1.85. The predicted octanol–water partition coefficient (Wildman–Crippen LogP) is 1.15. The van der Waals surface area contributed by atoms with Crippen LogP contribution in [0.15, 0.2) is 0 Å². The lowest BCUT2D eigenvalue weighted by Gasteiger charge is -2.32. The van der Waals surface area contributed by atoms with E-state index in [0.29, 0.717) is 25.7 Å². The second-order valence-electron chi connectivity index (χ2n) is 5.68. The Kier molecular flexibility index (Phi) is 4.14. The molecular weight excluding hydrogens is 264 g/mol. The largest absolute Gasteiger partial charge is 0.351 e. The second kappa shape index (κ2) is 5.49. The molecule has 0 aromatic carbocycles. The highest BCUT2D eigenvalue weighted by atomic mass is 32.2. The van der Waals surface area contributed by atoms with Gasteiger partial charge in [-0.2, -0.15) is 5.26 Å². The molecule has 1 atom stereocenters. The Morgan fingerprint density at radius 1 is 1.21 bits per heavy atom. The van der Waals surface area contributed by atoms with E-state index >= 15 is 0 Å². The van der Waals surface area contributed by atoms with Crippen LogP contribution in [0.5, 0.6) is 0 Å². The first-order valence-electron chi connectivity index (χ1n) is 6.90. The molecule has 0 spiro atoms. The van der Waals surface area contributed by atoms with Crippen LogP contribution in [0.2, 0.25) is 0 Å². The van der Waals surface area contributed by atoms with E-state index in [2.05, 4.69) is 11.4 Å². The van der Waals surface area contributed by atoms with Crippen LogP contribution >= 0.6 is 0 Å². The number of carbonyl (C=O) groups excluding carboxylic acids is 1. The molecule has 1 heterocycles. The molecule has 2 aliphatic rings. The summed E-state index contributed by atoms with van der Waals surface area (Å²) in [5.74, 6) is -0.0416. The average molecular weight is 284 g/mol. The van der Waals surface area contributed by atoms with Crippen LogP contribution in [0, 0.1) is 16.7 Å². The number of rotatable bonds is 2. The van der Waals surface area contributed by atoms with Crippen LogP contribution < -0.4 is 5.32 Å². The standard InChI is InChI=1S/C13H20N2O3S/c14-10-13(6-2-1-3-7-13)12(16)15-11-5-4-8-19(17,18)9-11/h11H,1-9H2,(H,15,16). The monoisotopic (exact) mass is 284 g/mol. The summed E-state index contributed by atoms with van der Waals surface area (Å²) in [6.45, 7) is 0. The van der Waals surface area contributed by atoms with Gasteiger partial charge in [0.2, 0.25) is 5.91 Å². The van der Waals surface area contributed by atoms with Gasteiger partial charge < -0.3 is 5.32 Å². The summed E-state index contributed by atoms with van der Waals surface area (Å²) in [5, 5.41) is 12.1. The van der Waals surface area contributed by atoms with E-state index in [1.54, 1.807) is 0 Å². The Balaban J connectivity index is 2.02. The van der Waals surface area contributed by atoms with Gasteiger partial charge >= 0.3 is 0 Å². The number of nitriles is 1. The van der Waals surface area contributed by atoms with Crippen molar-refractivity contribution in [2.75, 3.05) is 11.5 Å². The molecule has 1 N–H and O–H groups in total. The average Bonchev–Trinajstić information content (AvgIpc) is 2.38. The van der Waals surface area contributed by atoms with Crippen LogP contribution in [0.1, 0.15) is 44.9 Å². The molecule has 1 aliphatic heterocycles. The smallest absolute Gasteiger partial charge is 0.240 e. The summed E-state index contributed by atoms with van der Waals surface area (Å²) in [7, 11) is -3.03. The van der Waals surface area contributed by atoms with Crippen molar-refractivity contribution >= 4 is 15.7 Å². The number of nitrogens with zero attached hydrogens (tertiary/aromatic N) is 1. The maximum absolute atomic E-state index is 12.3. The van der Waals surface area contributed by atoms with Crippen molar-refractivity contribution in [2.45, 2.75) is 51.0 Å². The van der Waals surface area contributed by atoms with Gasteiger partial charge in [0.15, 0.2) is 9.84 Å². The summed E-state index contributed by atoms with van der Waals surface area (Å²) >= 11 is 0. The van der Waals surface area contributed by atoms with E-state index in [0.717, 1.165) is 19.3 Å². The Labute approximate surface area is 114 Å². The lowest BCUT2D eigenvalue weighted by Crippen LogP contribution is -2.49. The molecule has 1 aliphatic carbocycles. The predicted molar refractivity (Wildman–Crippen MR) is 70.9 cm³/mol. The van der Waals surface area contributed by atoms with Crippen molar-refractivity contribution in [3.05, 3.63) is 0 Å². The van der Waals surface area contributed by atoms with Crippen LogP contribution in [-0.4, -0.2) is 31.9 Å². The number of hydrogen-bond donors (Lipinski definition) is 1. The number of amides is 1. The van der Waals surface area contributed by atoms with Gasteiger partial charge in [-0.05, 0) is 25.7 Å². The quantitative estimate of drug-likeness (QED) is 0.824. The molecule has 5 nitrogen and oxygen atoms in total. The highest BCUT2D eigenvalue weighted by Gasteiger charge is 2.41. The van der Waals surface area contributed by atoms with Gasteiger partial charge in [-0.1, -0.05) is 19.3 Å². The van der Waals surface area contributed by atoms with Gasteiger partial charge in [0.25, 0.3) is 0 Å². The molecule has 2 fully saturated rings. The van der Waals surface area contributed by atoms with Gasteiger partial charge in [0.05, 0.1) is 17.6 Å². The van der Waals surface area contributed by atoms with Crippen molar-refractivity contribution < 1.29 is 13.2 Å². The van der Waals surface area contributed by atoms with Gasteiger partial charge in [-0.15, -0.1) is 0 Å². The maximum Gasteiger partial charge on any atom is 0.240 e. The maximum atomic E-state index is 12.3. The first kappa shape index (κ1) is 14.3. The van der Waals surface area contributed by atoms with E-state index in [1.807, 2.05) is 0 Å². The Morgan fingerprint density at radius 3 is 2.47 bits per heavy atom. The van der Waals surface area contributed by atoms with E-state index < -0.39 is 15.3 Å². The molecule has 0 radical (unpaired) electrons. The molecule has 0 aromatic heterocycles. The summed E-state index contributed by atoms with van der Waals surface area (Å²) in [4.78, 5) is 12.3. The van der Waals surface area contributed by atoms with E-state index in [1.165, 1.54) is 0 Å². The molecular formula is C13H20N2O3S. The summed E-state index contributed by atoms with van der Waals surface area (Å²) in [5.41, 5.74) is -0.931. The Bertz CT molecular complexity index is 487. The zero-order chi connectivity index (χ0) is 13.9. The third-order valence-electron chi connectivity index (χ3n) is 4.15. The molecule has 19 heavy (non-hydrogen) atoms. The molecule has 0 bridgehead atoms. The molecule has 2 rings (SSSR count). The topological polar surface area (TPSA) is 87.0 Å². The van der Waals surface area contributed by atoms with Gasteiger partial charge in [-0.25, -0.2) is 8.42 Å². The number of sulfone groups is 1. The fraction of sp³-hybridized carbons (Fsp3) is 0.846. The van der Waals surface area contributed by atoms with Crippen LogP contribution in [0.4, 0.5) is 0 Å². The number of carbonyl (C=O) groups is 1. The van der Waals surface area contributed by atoms with Gasteiger partial charge in [0, 0.05) is 6.04 Å². The molecule has 106 valence electrons. The fourth-order valence-electron chi connectivity index (χ4n) is 3.01. The first-order chi connectivity index (χ1) is 8.97. The van der Waals surface area contributed by atoms with E-state index in [9.17, 15) is 18.5 Å². The van der Waals surface area contributed by atoms with Crippen molar-refractivity contribution in [2.24, 2.45) is 5.41 Å². The lowest BCUT2D eigenvalue weighted by molar-refractivity contribution is -0.130. The zero-order valence-electron chi connectivity index (χ0n) is 11.0. The second-order valence-corrected chi connectivity index (χ2v) is 7.91. The minimum Gasteiger partial charge on any atom is -0.351 e. The van der Waals surface area contributed by atoms with Gasteiger partial charge in [0.1, 0.15) is 5.41 Å². The minimum absolute atomic E-state index is 0.0141. The van der Waals surface area contributed by atoms with Crippen molar-refractivity contribution in [3.63, 3.8) is 0 Å². The van der Waals surface area contributed by atoms with Crippen LogP contribution in [-0.2, 0) is 14.6 Å². The van der Waals surface area contributed by atoms with E-state index in [4.69, 9.17) is 0 Å². The molecule has 1 unspecified atom stereocenters. The highest BCUT2D eigenvalue weighted by Crippen LogP contribution is 2.36. The van der Waals surface area contributed by atoms with Crippen LogP contribution in [0.3, 0.4) is 0 Å². The molecule has 1 amide bonds. The van der Waals surface area contributed by atoms with Gasteiger partial charge in [-0.3, -0.25) is 4.79 Å². The minimum atomic E-state index is -3.03. The SMILES string of the molecule is N#CC1(C(=O)NC2CCCS(=O)(=O)C2)CCCCC1. The molecule has 6 heteroatoms. The van der Waals surface area contributed by atoms with Crippen molar-refractivity contribution in [1.29, 1.82) is 5.26 Å². The zero-order valence-corrected chi connectivity index (χ0v) is 11.8. The first-order valence-corrected chi connectivity index (χ1v) is 8.72. The molecule has 1 saturated carbocycles. The van der Waals surface area contributed by atoms with Crippen molar-refractivity contribution in [3.8, 4) is 6.07 Å². The van der Waals surface area contributed by atoms with E-state index in [-0.39, 0.29) is 23.5 Å². The highest BCUT2D eigenvalue weighted by molar-refractivity contribution is 7.91. The Hall–Kier alpha value is -1.09. The third kappa shape index (κ3) is 3.27. The Morgan fingerprint density at radius 2 is 1.89 bits per heavy atom. The normalized spacial score (nSPS) is 29.1. The van der Waals surface area contributed by atoms with Crippen LogP contribution in [0.25, 0.3) is 0 Å². The van der Waals surface area contributed by atoms with Crippen molar-refractivity contribution in [1.82, 2.24) is 5.32 Å². The molecule has 1 saturated heterocycles. The summed E-state index contributed by atoms with van der Waals surface area (Å²) < 4.78 is 23.1. The fourth-order valence-corrected chi connectivity index (χ4v) is 4.64. The number of nitrogens with one attached hydrogen (secondary N) is 1. The summed E-state index contributed by atoms with van der Waals surface area (Å²) in [6.07, 6.45) is 5.31. The lowest BCUT2D eigenvalue weighted by atomic mass is 9.74. The number of hydrogen-bond acceptors (Lipinski definition) is 4. The third-order valence-corrected chi connectivity index (χ3v) is 5.97. The molecule has 0 aromatic rings.